The molecule has 0 aliphatic heterocycles. The van der Waals surface area contributed by atoms with Gasteiger partial charge in [-0.05, 0) is 50.5 Å². The highest BCUT2D eigenvalue weighted by Gasteiger charge is 2.27. The van der Waals surface area contributed by atoms with Gasteiger partial charge in [-0.2, -0.15) is 0 Å². The third kappa shape index (κ3) is 4.24. The summed E-state index contributed by atoms with van der Waals surface area (Å²) in [5, 5.41) is 9.11. The number of carboxylic acids is 1. The molecule has 0 fully saturated rings. The molecule has 18 heavy (non-hydrogen) atoms. The minimum atomic E-state index is -0.796. The Labute approximate surface area is 108 Å². The van der Waals surface area contributed by atoms with Gasteiger partial charge in [0.2, 0.25) is 0 Å². The Morgan fingerprint density at radius 1 is 1.44 bits per heavy atom. The van der Waals surface area contributed by atoms with Gasteiger partial charge >= 0.3 is 5.97 Å². The van der Waals surface area contributed by atoms with Crippen LogP contribution in [0.1, 0.15) is 26.3 Å². The predicted molar refractivity (Wildman–Crippen MR) is 71.9 cm³/mol. The fourth-order valence-corrected chi connectivity index (χ4v) is 1.54. The molecule has 0 saturated heterocycles. The molecule has 0 radical (unpaired) electrons. The average Bonchev–Trinajstić information content (AvgIpc) is 2.26. The topological polar surface area (TPSA) is 46.5 Å². The Hall–Kier alpha value is -1.77. The lowest BCUT2D eigenvalue weighted by Crippen LogP contribution is -2.26. The molecule has 1 N–H and O–H groups in total. The van der Waals surface area contributed by atoms with E-state index in [-0.39, 0.29) is 0 Å². The van der Waals surface area contributed by atoms with Crippen LogP contribution < -0.4 is 4.74 Å². The summed E-state index contributed by atoms with van der Waals surface area (Å²) in [4.78, 5) is 11.1. The van der Waals surface area contributed by atoms with E-state index in [0.717, 1.165) is 16.9 Å². The maximum absolute atomic E-state index is 11.1. The second-order valence-corrected chi connectivity index (χ2v) is 5.26. The monoisotopic (exact) mass is 248 g/mol. The number of aliphatic carboxylic acids is 1. The molecular formula is C15H20O3. The third-order valence-corrected chi connectivity index (χ3v) is 2.61. The van der Waals surface area contributed by atoms with Gasteiger partial charge in [-0.25, -0.2) is 0 Å². The molecule has 1 aromatic rings. The highest BCUT2D eigenvalue weighted by Crippen LogP contribution is 2.24. The molecule has 3 heteroatoms. The van der Waals surface area contributed by atoms with Gasteiger partial charge in [-0.15, -0.1) is 0 Å². The summed E-state index contributed by atoms with van der Waals surface area (Å²) in [5.41, 5.74) is 1.14. The zero-order valence-corrected chi connectivity index (χ0v) is 11.2. The number of ether oxygens (including phenoxy) is 1. The fraction of sp³-hybridized carbons (Fsp3) is 0.400. The van der Waals surface area contributed by atoms with Crippen molar-refractivity contribution < 1.29 is 14.6 Å². The molecule has 98 valence electrons. The highest BCUT2D eigenvalue weighted by molar-refractivity contribution is 5.74. The van der Waals surface area contributed by atoms with Crippen molar-refractivity contribution in [3.05, 3.63) is 42.0 Å². The Morgan fingerprint density at radius 2 is 2.11 bits per heavy atom. The van der Waals surface area contributed by atoms with Gasteiger partial charge in [0, 0.05) is 0 Å². The Bertz CT molecular complexity index is 447. The van der Waals surface area contributed by atoms with Gasteiger partial charge < -0.3 is 9.84 Å². The molecule has 0 heterocycles. The summed E-state index contributed by atoms with van der Waals surface area (Å²) in [7, 11) is 0. The van der Waals surface area contributed by atoms with E-state index in [1.807, 2.05) is 31.2 Å². The van der Waals surface area contributed by atoms with Crippen molar-refractivity contribution in [3.63, 3.8) is 0 Å². The van der Waals surface area contributed by atoms with E-state index < -0.39 is 11.4 Å². The van der Waals surface area contributed by atoms with Crippen molar-refractivity contribution in [1.82, 2.24) is 0 Å². The van der Waals surface area contributed by atoms with Crippen LogP contribution in [0.25, 0.3) is 0 Å². The summed E-state index contributed by atoms with van der Waals surface area (Å²) in [6, 6.07) is 7.53. The first-order valence-electron chi connectivity index (χ1n) is 5.91. The molecule has 0 spiro atoms. The zero-order chi connectivity index (χ0) is 13.8. The molecule has 1 rings (SSSR count). The standard InChI is InChI=1S/C15H20O3/c1-11(2)10-18-13-7-5-6-12(8-13)9-15(3,4)14(16)17/h5-8H,1,9-10H2,2-4H3,(H,16,17). The summed E-state index contributed by atoms with van der Waals surface area (Å²) in [6.07, 6.45) is 0.479. The second-order valence-electron chi connectivity index (χ2n) is 5.26. The molecule has 1 aromatic carbocycles. The van der Waals surface area contributed by atoms with Crippen LogP contribution in [0, 0.1) is 5.41 Å². The average molecular weight is 248 g/mol. The van der Waals surface area contributed by atoms with Gasteiger partial charge in [0.1, 0.15) is 12.4 Å². The molecule has 0 amide bonds. The number of hydrogen-bond donors (Lipinski definition) is 1. The lowest BCUT2D eigenvalue weighted by atomic mass is 9.86. The van der Waals surface area contributed by atoms with E-state index in [4.69, 9.17) is 9.84 Å². The van der Waals surface area contributed by atoms with Crippen LogP contribution >= 0.6 is 0 Å². The van der Waals surface area contributed by atoms with E-state index in [9.17, 15) is 4.79 Å². The Balaban J connectivity index is 2.76. The van der Waals surface area contributed by atoms with E-state index in [1.54, 1.807) is 13.8 Å². The zero-order valence-electron chi connectivity index (χ0n) is 11.2. The van der Waals surface area contributed by atoms with Crippen molar-refractivity contribution in [2.24, 2.45) is 5.41 Å². The first-order chi connectivity index (χ1) is 8.31. The largest absolute Gasteiger partial charge is 0.489 e. The van der Waals surface area contributed by atoms with Gasteiger partial charge in [0.25, 0.3) is 0 Å². The van der Waals surface area contributed by atoms with Crippen LogP contribution in [-0.4, -0.2) is 17.7 Å². The molecule has 0 atom stereocenters. The van der Waals surface area contributed by atoms with Crippen molar-refractivity contribution in [2.45, 2.75) is 27.2 Å². The molecule has 0 aliphatic rings. The Morgan fingerprint density at radius 3 is 2.67 bits per heavy atom. The fourth-order valence-electron chi connectivity index (χ4n) is 1.54. The predicted octanol–water partition coefficient (Wildman–Crippen LogP) is 3.29. The Kier molecular flexibility index (Phi) is 4.54. The highest BCUT2D eigenvalue weighted by atomic mass is 16.5. The van der Waals surface area contributed by atoms with Crippen molar-refractivity contribution in [3.8, 4) is 5.75 Å². The molecular weight excluding hydrogens is 228 g/mol. The van der Waals surface area contributed by atoms with Crippen molar-refractivity contribution >= 4 is 5.97 Å². The number of carbonyl (C=O) groups is 1. The van der Waals surface area contributed by atoms with Gasteiger partial charge in [0.15, 0.2) is 0 Å². The van der Waals surface area contributed by atoms with E-state index in [0.29, 0.717) is 13.0 Å². The van der Waals surface area contributed by atoms with Crippen LogP contribution in [0.4, 0.5) is 0 Å². The quantitative estimate of drug-likeness (QED) is 0.786. The van der Waals surface area contributed by atoms with Crippen LogP contribution in [-0.2, 0) is 11.2 Å². The van der Waals surface area contributed by atoms with Crippen LogP contribution in [0.3, 0.4) is 0 Å². The van der Waals surface area contributed by atoms with E-state index >= 15 is 0 Å². The first-order valence-corrected chi connectivity index (χ1v) is 5.91. The van der Waals surface area contributed by atoms with Gasteiger partial charge in [0.05, 0.1) is 5.41 Å². The molecule has 0 unspecified atom stereocenters. The summed E-state index contributed by atoms with van der Waals surface area (Å²) >= 11 is 0. The smallest absolute Gasteiger partial charge is 0.309 e. The minimum absolute atomic E-state index is 0.478. The van der Waals surface area contributed by atoms with Gasteiger partial charge in [-0.3, -0.25) is 4.79 Å². The number of rotatable bonds is 6. The molecule has 0 aliphatic carbocycles. The van der Waals surface area contributed by atoms with Crippen LogP contribution in [0.2, 0.25) is 0 Å². The van der Waals surface area contributed by atoms with Crippen LogP contribution in [0.15, 0.2) is 36.4 Å². The van der Waals surface area contributed by atoms with Crippen LogP contribution in [0.5, 0.6) is 5.75 Å². The number of benzene rings is 1. The first kappa shape index (κ1) is 14.3. The van der Waals surface area contributed by atoms with E-state index in [1.165, 1.54) is 0 Å². The lowest BCUT2D eigenvalue weighted by Gasteiger charge is -2.19. The van der Waals surface area contributed by atoms with Crippen molar-refractivity contribution in [2.75, 3.05) is 6.61 Å². The van der Waals surface area contributed by atoms with Gasteiger partial charge in [-0.1, -0.05) is 18.7 Å². The molecule has 0 saturated carbocycles. The normalized spacial score (nSPS) is 11.1. The lowest BCUT2D eigenvalue weighted by molar-refractivity contribution is -0.146. The second kappa shape index (κ2) is 5.71. The SMILES string of the molecule is C=C(C)COc1cccc(CC(C)(C)C(=O)O)c1. The molecule has 0 aromatic heterocycles. The van der Waals surface area contributed by atoms with E-state index in [2.05, 4.69) is 6.58 Å². The maximum Gasteiger partial charge on any atom is 0.309 e. The minimum Gasteiger partial charge on any atom is -0.489 e. The summed E-state index contributed by atoms with van der Waals surface area (Å²) in [5.74, 6) is -0.0487. The molecule has 3 nitrogen and oxygen atoms in total. The third-order valence-electron chi connectivity index (χ3n) is 2.61. The number of carboxylic acid groups (broad SMARTS) is 1. The molecule has 0 bridgehead atoms. The summed E-state index contributed by atoms with van der Waals surface area (Å²) < 4.78 is 5.54. The summed E-state index contributed by atoms with van der Waals surface area (Å²) in [6.45, 7) is 9.59. The number of hydrogen-bond acceptors (Lipinski definition) is 2. The maximum atomic E-state index is 11.1. The van der Waals surface area contributed by atoms with Crippen molar-refractivity contribution in [1.29, 1.82) is 0 Å².